The largest absolute Gasteiger partial charge is 0.506 e. The maximum absolute atomic E-state index is 11.9. The Morgan fingerprint density at radius 2 is 1.88 bits per heavy atom. The molecule has 0 atom stereocenters. The minimum Gasteiger partial charge on any atom is -0.506 e. The van der Waals surface area contributed by atoms with Crippen molar-refractivity contribution in [3.05, 3.63) is 62.2 Å². The molecular weight excluding hydrogens is 334 g/mol. The van der Waals surface area contributed by atoms with Gasteiger partial charge in [0, 0.05) is 6.07 Å². The number of carbonyl (C=O) groups excluding carboxylic acids is 1. The van der Waals surface area contributed by atoms with Crippen molar-refractivity contribution in [3.63, 3.8) is 0 Å². The summed E-state index contributed by atoms with van der Waals surface area (Å²) in [6.07, 6.45) is 0. The van der Waals surface area contributed by atoms with Crippen molar-refractivity contribution in [1.29, 1.82) is 0 Å². The van der Waals surface area contributed by atoms with E-state index in [4.69, 9.17) is 4.74 Å². The summed E-state index contributed by atoms with van der Waals surface area (Å²) >= 11 is 0. The zero-order valence-electron chi connectivity index (χ0n) is 13.0. The number of ether oxygens (including phenoxy) is 1. The molecule has 0 fully saturated rings. The highest BCUT2D eigenvalue weighted by atomic mass is 16.6. The smallest absolute Gasteiger partial charge is 0.317 e. The van der Waals surface area contributed by atoms with Gasteiger partial charge in [-0.2, -0.15) is 0 Å². The molecule has 2 N–H and O–H groups in total. The Morgan fingerprint density at radius 3 is 2.48 bits per heavy atom. The van der Waals surface area contributed by atoms with Crippen LogP contribution in [0.4, 0.5) is 17.1 Å². The van der Waals surface area contributed by atoms with Gasteiger partial charge in [0.25, 0.3) is 11.6 Å². The zero-order chi connectivity index (χ0) is 18.6. The maximum Gasteiger partial charge on any atom is 0.317 e. The third-order valence-corrected chi connectivity index (χ3v) is 3.14. The van der Waals surface area contributed by atoms with Crippen LogP contribution < -0.4 is 10.1 Å². The second kappa shape index (κ2) is 7.25. The number of nitro benzene ring substituents is 2. The molecule has 0 spiro atoms. The number of carbonyl (C=O) groups is 1. The molecule has 0 unspecified atom stereocenters. The Kier molecular flexibility index (Phi) is 5.12. The normalized spacial score (nSPS) is 10.1. The van der Waals surface area contributed by atoms with Crippen molar-refractivity contribution in [2.75, 3.05) is 11.9 Å². The Labute approximate surface area is 141 Å². The summed E-state index contributed by atoms with van der Waals surface area (Å²) in [5, 5.41) is 33.8. The zero-order valence-corrected chi connectivity index (χ0v) is 13.0. The van der Waals surface area contributed by atoms with Crippen LogP contribution in [0.1, 0.15) is 5.56 Å². The Bertz CT molecular complexity index is 851. The summed E-state index contributed by atoms with van der Waals surface area (Å²) in [5.41, 5.74) is -0.126. The van der Waals surface area contributed by atoms with E-state index in [1.54, 1.807) is 13.0 Å². The minimum absolute atomic E-state index is 0.130. The summed E-state index contributed by atoms with van der Waals surface area (Å²) in [6, 6.07) is 7.46. The minimum atomic E-state index is -0.841. The molecule has 0 aliphatic rings. The fourth-order valence-corrected chi connectivity index (χ4v) is 1.96. The second-order valence-electron chi connectivity index (χ2n) is 5.02. The van der Waals surface area contributed by atoms with Gasteiger partial charge in [-0.3, -0.25) is 25.0 Å². The highest BCUT2D eigenvalue weighted by molar-refractivity contribution is 5.93. The van der Waals surface area contributed by atoms with E-state index in [2.05, 4.69) is 5.32 Å². The topological polar surface area (TPSA) is 145 Å². The summed E-state index contributed by atoms with van der Waals surface area (Å²) in [7, 11) is 0. The SMILES string of the molecule is Cc1ccc(NC(=O)COc2ccc([N+](=O)[O-])cc2[N+](=O)[O-])c(O)c1. The number of phenols is 1. The standard InChI is InChI=1S/C15H13N3O7/c1-9-2-4-11(13(19)6-9)16-15(20)8-25-14-5-3-10(17(21)22)7-12(14)18(23)24/h2-7,19H,8H2,1H3,(H,16,20). The highest BCUT2D eigenvalue weighted by Crippen LogP contribution is 2.31. The van der Waals surface area contributed by atoms with Crippen LogP contribution in [0.3, 0.4) is 0 Å². The monoisotopic (exact) mass is 347 g/mol. The van der Waals surface area contributed by atoms with Gasteiger partial charge in [0.05, 0.1) is 21.6 Å². The van der Waals surface area contributed by atoms with Gasteiger partial charge in [-0.15, -0.1) is 0 Å². The number of benzene rings is 2. The number of nitrogens with one attached hydrogen (secondary N) is 1. The lowest BCUT2D eigenvalue weighted by Crippen LogP contribution is -2.20. The first kappa shape index (κ1) is 17.7. The van der Waals surface area contributed by atoms with Crippen LogP contribution >= 0.6 is 0 Å². The van der Waals surface area contributed by atoms with Crippen LogP contribution in [0.2, 0.25) is 0 Å². The predicted molar refractivity (Wildman–Crippen MR) is 86.7 cm³/mol. The number of hydrogen-bond donors (Lipinski definition) is 2. The van der Waals surface area contributed by atoms with Crippen molar-refractivity contribution in [2.45, 2.75) is 6.92 Å². The number of rotatable bonds is 6. The number of aromatic hydroxyl groups is 1. The van der Waals surface area contributed by atoms with Crippen molar-refractivity contribution in [1.82, 2.24) is 0 Å². The number of aryl methyl sites for hydroxylation is 1. The first-order valence-electron chi connectivity index (χ1n) is 6.93. The van der Waals surface area contributed by atoms with Crippen molar-refractivity contribution >= 4 is 23.0 Å². The van der Waals surface area contributed by atoms with Crippen molar-refractivity contribution < 1.29 is 24.5 Å². The first-order chi connectivity index (χ1) is 11.8. The van der Waals surface area contributed by atoms with Crippen molar-refractivity contribution in [2.24, 2.45) is 0 Å². The van der Waals surface area contributed by atoms with Crippen LogP contribution in [0, 0.1) is 27.2 Å². The summed E-state index contributed by atoms with van der Waals surface area (Å²) < 4.78 is 5.07. The summed E-state index contributed by atoms with van der Waals surface area (Å²) in [6.45, 7) is 1.19. The highest BCUT2D eigenvalue weighted by Gasteiger charge is 2.21. The van der Waals surface area contributed by atoms with E-state index >= 15 is 0 Å². The van der Waals surface area contributed by atoms with Crippen LogP contribution in [0.5, 0.6) is 11.5 Å². The van der Waals surface area contributed by atoms with Gasteiger partial charge in [-0.25, -0.2) is 0 Å². The van der Waals surface area contributed by atoms with Crippen LogP contribution in [-0.4, -0.2) is 27.5 Å². The third-order valence-electron chi connectivity index (χ3n) is 3.14. The van der Waals surface area contributed by atoms with E-state index in [0.717, 1.165) is 23.8 Å². The quantitative estimate of drug-likeness (QED) is 0.464. The van der Waals surface area contributed by atoms with E-state index in [1.807, 2.05) is 0 Å². The molecule has 0 saturated carbocycles. The number of non-ortho nitro benzene ring substituents is 1. The third kappa shape index (κ3) is 4.41. The molecule has 0 aliphatic heterocycles. The van der Waals surface area contributed by atoms with Crippen LogP contribution in [-0.2, 0) is 4.79 Å². The molecule has 0 saturated heterocycles. The van der Waals surface area contributed by atoms with Gasteiger partial charge in [-0.1, -0.05) is 6.07 Å². The lowest BCUT2D eigenvalue weighted by Gasteiger charge is -2.09. The lowest BCUT2D eigenvalue weighted by atomic mass is 10.2. The average molecular weight is 347 g/mol. The van der Waals surface area contributed by atoms with E-state index in [1.165, 1.54) is 12.1 Å². The molecule has 0 aliphatic carbocycles. The molecule has 25 heavy (non-hydrogen) atoms. The second-order valence-corrected chi connectivity index (χ2v) is 5.02. The molecule has 2 aromatic rings. The Balaban J connectivity index is 2.08. The molecule has 0 heterocycles. The Hall–Kier alpha value is -3.69. The molecule has 0 bridgehead atoms. The van der Waals surface area contributed by atoms with E-state index in [-0.39, 0.29) is 17.2 Å². The van der Waals surface area contributed by atoms with Crippen LogP contribution in [0.25, 0.3) is 0 Å². The molecular formula is C15H13N3O7. The van der Waals surface area contributed by atoms with Gasteiger partial charge < -0.3 is 15.2 Å². The fourth-order valence-electron chi connectivity index (χ4n) is 1.96. The lowest BCUT2D eigenvalue weighted by molar-refractivity contribution is -0.394. The van der Waals surface area contributed by atoms with E-state index in [0.29, 0.717) is 0 Å². The molecule has 2 rings (SSSR count). The van der Waals surface area contributed by atoms with Gasteiger partial charge in [0.1, 0.15) is 5.75 Å². The molecule has 10 nitrogen and oxygen atoms in total. The first-order valence-corrected chi connectivity index (χ1v) is 6.93. The van der Waals surface area contributed by atoms with Gasteiger partial charge in [0.2, 0.25) is 0 Å². The molecule has 0 aromatic heterocycles. The van der Waals surface area contributed by atoms with Crippen LogP contribution in [0.15, 0.2) is 36.4 Å². The summed E-state index contributed by atoms with van der Waals surface area (Å²) in [5.74, 6) is -1.07. The number of phenolic OH excluding ortho intramolecular Hbond substituents is 1. The van der Waals surface area contributed by atoms with E-state index in [9.17, 15) is 30.1 Å². The van der Waals surface area contributed by atoms with Gasteiger partial charge in [-0.05, 0) is 30.7 Å². The molecule has 2 aromatic carbocycles. The number of nitro groups is 2. The van der Waals surface area contributed by atoms with Gasteiger partial charge in [0.15, 0.2) is 12.4 Å². The number of hydrogen-bond acceptors (Lipinski definition) is 7. The maximum atomic E-state index is 11.9. The number of amides is 1. The number of nitrogens with zero attached hydrogens (tertiary/aromatic N) is 2. The molecule has 0 radical (unpaired) electrons. The fraction of sp³-hybridized carbons (Fsp3) is 0.133. The Morgan fingerprint density at radius 1 is 1.16 bits per heavy atom. The molecule has 1 amide bonds. The van der Waals surface area contributed by atoms with E-state index < -0.39 is 33.7 Å². The summed E-state index contributed by atoms with van der Waals surface area (Å²) in [4.78, 5) is 31.9. The predicted octanol–water partition coefficient (Wildman–Crippen LogP) is 2.53. The number of anilines is 1. The van der Waals surface area contributed by atoms with Gasteiger partial charge >= 0.3 is 5.69 Å². The average Bonchev–Trinajstić information content (AvgIpc) is 2.55. The van der Waals surface area contributed by atoms with Crippen molar-refractivity contribution in [3.8, 4) is 11.5 Å². The molecule has 130 valence electrons. The molecule has 10 heteroatoms.